The number of piperidine rings is 1. The molecule has 1 saturated heterocycles. The highest BCUT2D eigenvalue weighted by atomic mass is 32.2. The second kappa shape index (κ2) is 11.2. The second-order valence-electron chi connectivity index (χ2n) is 8.88. The normalized spacial score (nSPS) is 17.3. The molecule has 1 aliphatic heterocycles. The van der Waals surface area contributed by atoms with E-state index in [1.54, 1.807) is 36.4 Å². The van der Waals surface area contributed by atoms with Crippen molar-refractivity contribution in [1.29, 1.82) is 0 Å². The SMILES string of the molecule is COc1cccc(-c2cc(OC)ccc2S(=O)(=O)N2CCC(F)(C(=O)N[C@@H](C)/C=C\S(C)(=O)=O)CC2)c1. The Kier molecular flexibility index (Phi) is 8.66. The molecule has 0 aliphatic carbocycles. The molecule has 1 amide bonds. The molecule has 1 heterocycles. The zero-order valence-electron chi connectivity index (χ0n) is 21.1. The molecule has 3 rings (SSSR count). The van der Waals surface area contributed by atoms with Crippen molar-refractivity contribution in [2.24, 2.45) is 0 Å². The van der Waals surface area contributed by atoms with Gasteiger partial charge in [-0.2, -0.15) is 4.31 Å². The number of rotatable bonds is 9. The maximum atomic E-state index is 15.5. The molecule has 0 spiro atoms. The topological polar surface area (TPSA) is 119 Å². The highest BCUT2D eigenvalue weighted by molar-refractivity contribution is 7.93. The van der Waals surface area contributed by atoms with Crippen LogP contribution in [-0.2, 0) is 24.7 Å². The highest BCUT2D eigenvalue weighted by Gasteiger charge is 2.44. The van der Waals surface area contributed by atoms with Crippen molar-refractivity contribution < 1.29 is 35.5 Å². The third-order valence-corrected chi connectivity index (χ3v) is 8.69. The van der Waals surface area contributed by atoms with E-state index < -0.39 is 37.5 Å². The largest absolute Gasteiger partial charge is 0.497 e. The van der Waals surface area contributed by atoms with Crippen molar-refractivity contribution in [2.45, 2.75) is 36.4 Å². The van der Waals surface area contributed by atoms with Crippen molar-refractivity contribution in [3.05, 3.63) is 53.9 Å². The molecular formula is C25H31FN2O7S2. The van der Waals surface area contributed by atoms with E-state index in [0.717, 1.165) is 16.0 Å². The van der Waals surface area contributed by atoms with Crippen LogP contribution in [-0.4, -0.2) is 72.3 Å². The summed E-state index contributed by atoms with van der Waals surface area (Å²) in [6.07, 6.45) is 1.57. The van der Waals surface area contributed by atoms with Gasteiger partial charge in [-0.3, -0.25) is 4.79 Å². The fraction of sp³-hybridized carbons (Fsp3) is 0.400. The van der Waals surface area contributed by atoms with Crippen LogP contribution in [0, 0.1) is 0 Å². The number of carbonyl (C=O) groups is 1. The Labute approximate surface area is 217 Å². The fourth-order valence-electron chi connectivity index (χ4n) is 3.97. The minimum Gasteiger partial charge on any atom is -0.497 e. The molecule has 37 heavy (non-hydrogen) atoms. The van der Waals surface area contributed by atoms with Gasteiger partial charge in [0, 0.05) is 49.2 Å². The summed E-state index contributed by atoms with van der Waals surface area (Å²) in [6, 6.07) is 10.8. The fourth-order valence-corrected chi connectivity index (χ4v) is 6.13. The summed E-state index contributed by atoms with van der Waals surface area (Å²) in [6.45, 7) is 1.11. The Morgan fingerprint density at radius 3 is 2.27 bits per heavy atom. The summed E-state index contributed by atoms with van der Waals surface area (Å²) in [5, 5.41) is 3.38. The predicted octanol–water partition coefficient (Wildman–Crippen LogP) is 2.93. The first-order chi connectivity index (χ1) is 17.3. The Morgan fingerprint density at radius 1 is 1.05 bits per heavy atom. The molecule has 1 aliphatic rings. The van der Waals surface area contributed by atoms with Crippen molar-refractivity contribution >= 4 is 25.8 Å². The average Bonchev–Trinajstić information content (AvgIpc) is 2.87. The molecule has 1 N–H and O–H groups in total. The Bertz CT molecular complexity index is 1380. The number of carbonyl (C=O) groups excluding carboxylic acids is 1. The van der Waals surface area contributed by atoms with Crippen LogP contribution in [0.4, 0.5) is 4.39 Å². The van der Waals surface area contributed by atoms with Gasteiger partial charge in [0.05, 0.1) is 19.1 Å². The number of methoxy groups -OCH3 is 2. The summed E-state index contributed by atoms with van der Waals surface area (Å²) < 4.78 is 77.0. The van der Waals surface area contributed by atoms with E-state index in [4.69, 9.17) is 9.47 Å². The van der Waals surface area contributed by atoms with Gasteiger partial charge in [0.25, 0.3) is 5.91 Å². The van der Waals surface area contributed by atoms with Gasteiger partial charge in [-0.25, -0.2) is 21.2 Å². The lowest BCUT2D eigenvalue weighted by Gasteiger charge is -2.35. The van der Waals surface area contributed by atoms with Crippen LogP contribution >= 0.6 is 0 Å². The van der Waals surface area contributed by atoms with Gasteiger partial charge in [0.1, 0.15) is 11.5 Å². The van der Waals surface area contributed by atoms with Gasteiger partial charge in [-0.05, 0) is 42.8 Å². The Morgan fingerprint density at radius 2 is 1.68 bits per heavy atom. The van der Waals surface area contributed by atoms with E-state index in [9.17, 15) is 21.6 Å². The number of alkyl halides is 1. The van der Waals surface area contributed by atoms with E-state index in [-0.39, 0.29) is 30.8 Å². The minimum absolute atomic E-state index is 0.0249. The van der Waals surface area contributed by atoms with Crippen LogP contribution < -0.4 is 14.8 Å². The number of hydrogen-bond donors (Lipinski definition) is 1. The van der Waals surface area contributed by atoms with Crippen LogP contribution in [0.15, 0.2) is 58.8 Å². The number of halogens is 1. The first-order valence-electron chi connectivity index (χ1n) is 11.5. The number of sulfone groups is 1. The van der Waals surface area contributed by atoms with Crippen LogP contribution in [0.1, 0.15) is 19.8 Å². The first kappa shape index (κ1) is 28.6. The van der Waals surface area contributed by atoms with E-state index in [0.29, 0.717) is 22.6 Å². The molecule has 1 atom stereocenters. The summed E-state index contributed by atoms with van der Waals surface area (Å²) >= 11 is 0. The molecule has 2 aromatic carbocycles. The van der Waals surface area contributed by atoms with Crippen molar-refractivity contribution in [2.75, 3.05) is 33.6 Å². The van der Waals surface area contributed by atoms with Gasteiger partial charge in [0.15, 0.2) is 15.5 Å². The van der Waals surface area contributed by atoms with Crippen LogP contribution in [0.2, 0.25) is 0 Å². The maximum Gasteiger partial charge on any atom is 0.258 e. The number of sulfonamides is 1. The molecule has 1 fully saturated rings. The molecular weight excluding hydrogens is 523 g/mol. The minimum atomic E-state index is -4.05. The van der Waals surface area contributed by atoms with Crippen molar-refractivity contribution in [1.82, 2.24) is 9.62 Å². The summed E-state index contributed by atoms with van der Waals surface area (Å²) in [4.78, 5) is 12.6. The molecule has 0 radical (unpaired) electrons. The molecule has 2 aromatic rings. The number of hydrogen-bond acceptors (Lipinski definition) is 7. The number of nitrogens with zero attached hydrogens (tertiary/aromatic N) is 1. The van der Waals surface area contributed by atoms with E-state index in [2.05, 4.69) is 5.32 Å². The van der Waals surface area contributed by atoms with E-state index in [1.165, 1.54) is 33.3 Å². The Hall–Kier alpha value is -2.96. The van der Waals surface area contributed by atoms with Gasteiger partial charge in [0.2, 0.25) is 10.0 Å². The van der Waals surface area contributed by atoms with Crippen LogP contribution in [0.5, 0.6) is 11.5 Å². The number of nitrogens with one attached hydrogen (secondary N) is 1. The van der Waals surface area contributed by atoms with Gasteiger partial charge >= 0.3 is 0 Å². The number of benzene rings is 2. The maximum absolute atomic E-state index is 15.5. The Balaban J connectivity index is 1.82. The molecule has 202 valence electrons. The summed E-state index contributed by atoms with van der Waals surface area (Å²) in [5.41, 5.74) is -1.28. The molecule has 9 nitrogen and oxygen atoms in total. The molecule has 0 bridgehead atoms. The summed E-state index contributed by atoms with van der Waals surface area (Å²) in [7, 11) is -4.45. The lowest BCUT2D eigenvalue weighted by Crippen LogP contribution is -2.53. The molecule has 0 saturated carbocycles. The number of amides is 1. The van der Waals surface area contributed by atoms with Gasteiger partial charge < -0.3 is 14.8 Å². The van der Waals surface area contributed by atoms with Crippen molar-refractivity contribution in [3.8, 4) is 22.6 Å². The quantitative estimate of drug-likeness (QED) is 0.506. The summed E-state index contributed by atoms with van der Waals surface area (Å²) in [5.74, 6) is 0.112. The molecule has 0 aromatic heterocycles. The van der Waals surface area contributed by atoms with Crippen LogP contribution in [0.25, 0.3) is 11.1 Å². The molecule has 0 unspecified atom stereocenters. The van der Waals surface area contributed by atoms with Crippen molar-refractivity contribution in [3.63, 3.8) is 0 Å². The zero-order chi connectivity index (χ0) is 27.4. The third kappa shape index (κ3) is 6.88. The molecule has 12 heteroatoms. The van der Waals surface area contributed by atoms with E-state index >= 15 is 4.39 Å². The number of ether oxygens (including phenoxy) is 2. The lowest BCUT2D eigenvalue weighted by molar-refractivity contribution is -0.135. The standard InChI is InChI=1S/C25H31FN2O7S2/c1-18(10-15-36(4,30)31)27-24(29)25(26)11-13-28(14-12-25)37(32,33)23-9-8-21(35-3)17-22(23)19-6-5-7-20(16-19)34-2/h5-10,15-18H,11-14H2,1-4H3,(H,27,29)/b15-10-/t18-/m0/s1. The second-order valence-corrected chi connectivity index (χ2v) is 12.7. The van der Waals surface area contributed by atoms with Gasteiger partial charge in [-0.1, -0.05) is 18.2 Å². The lowest BCUT2D eigenvalue weighted by atomic mass is 9.93. The van der Waals surface area contributed by atoms with E-state index in [1.807, 2.05) is 0 Å². The first-order valence-corrected chi connectivity index (χ1v) is 14.9. The van der Waals surface area contributed by atoms with Gasteiger partial charge in [-0.15, -0.1) is 0 Å². The highest BCUT2D eigenvalue weighted by Crippen LogP contribution is 2.36. The average molecular weight is 555 g/mol. The predicted molar refractivity (Wildman–Crippen MR) is 138 cm³/mol. The third-order valence-electron chi connectivity index (χ3n) is 6.08. The van der Waals surface area contributed by atoms with Crippen LogP contribution in [0.3, 0.4) is 0 Å². The smallest absolute Gasteiger partial charge is 0.258 e. The zero-order valence-corrected chi connectivity index (χ0v) is 22.7. The monoisotopic (exact) mass is 554 g/mol.